The van der Waals surface area contributed by atoms with E-state index in [9.17, 15) is 9.18 Å². The number of carbonyl (C=O) groups excluding carboxylic acids is 1. The molecule has 0 unspecified atom stereocenters. The molecule has 0 atom stereocenters. The fourth-order valence-corrected chi connectivity index (χ4v) is 2.01. The summed E-state index contributed by atoms with van der Waals surface area (Å²) in [5, 5.41) is 2.80. The van der Waals surface area contributed by atoms with E-state index in [1.54, 1.807) is 0 Å². The topological polar surface area (TPSA) is 29.1 Å². The van der Waals surface area contributed by atoms with Gasteiger partial charge in [-0.3, -0.25) is 4.79 Å². The van der Waals surface area contributed by atoms with E-state index in [1.165, 1.54) is 23.8 Å². The molecule has 2 nitrogen and oxygen atoms in total. The fraction of sp³-hybridized carbons (Fsp3) is 0.133. The summed E-state index contributed by atoms with van der Waals surface area (Å²) in [4.78, 5) is 11.9. The lowest BCUT2D eigenvalue weighted by Gasteiger charge is -2.06. The van der Waals surface area contributed by atoms with Crippen molar-refractivity contribution in [1.29, 1.82) is 0 Å². The van der Waals surface area contributed by atoms with Crippen molar-refractivity contribution in [1.82, 2.24) is 5.32 Å². The average Bonchev–Trinajstić information content (AvgIpc) is 2.41. The standard InChI is InChI=1S/C15H13BrFNO/c1-10-2-4-11(5-3-10)9-18-15(19)12-6-7-14(17)13(16)8-12/h2-8H,9H2,1H3,(H,18,19). The maximum atomic E-state index is 13.1. The lowest BCUT2D eigenvalue weighted by molar-refractivity contribution is 0.0951. The molecule has 0 fully saturated rings. The van der Waals surface area contributed by atoms with E-state index in [1.807, 2.05) is 31.2 Å². The maximum absolute atomic E-state index is 13.1. The summed E-state index contributed by atoms with van der Waals surface area (Å²) in [5.41, 5.74) is 2.64. The van der Waals surface area contributed by atoms with Crippen molar-refractivity contribution in [3.8, 4) is 0 Å². The molecule has 0 radical (unpaired) electrons. The number of amides is 1. The van der Waals surface area contributed by atoms with Gasteiger partial charge < -0.3 is 5.32 Å². The van der Waals surface area contributed by atoms with Crippen LogP contribution in [0.15, 0.2) is 46.9 Å². The van der Waals surface area contributed by atoms with Crippen LogP contribution in [0.5, 0.6) is 0 Å². The minimum absolute atomic E-state index is 0.221. The predicted molar refractivity (Wildman–Crippen MR) is 76.4 cm³/mol. The maximum Gasteiger partial charge on any atom is 0.251 e. The molecular formula is C15H13BrFNO. The third kappa shape index (κ3) is 3.64. The van der Waals surface area contributed by atoms with Gasteiger partial charge in [-0.1, -0.05) is 29.8 Å². The monoisotopic (exact) mass is 321 g/mol. The highest BCUT2D eigenvalue weighted by Gasteiger charge is 2.08. The molecule has 0 spiro atoms. The van der Waals surface area contributed by atoms with Crippen LogP contribution in [0.3, 0.4) is 0 Å². The Morgan fingerprint density at radius 1 is 1.21 bits per heavy atom. The molecule has 2 rings (SSSR count). The fourth-order valence-electron chi connectivity index (χ4n) is 1.63. The number of hydrogen-bond acceptors (Lipinski definition) is 1. The zero-order valence-electron chi connectivity index (χ0n) is 10.4. The molecule has 0 saturated heterocycles. The van der Waals surface area contributed by atoms with Gasteiger partial charge in [-0.25, -0.2) is 4.39 Å². The van der Waals surface area contributed by atoms with Crippen LogP contribution in [0.2, 0.25) is 0 Å². The molecule has 0 aliphatic rings. The SMILES string of the molecule is Cc1ccc(CNC(=O)c2ccc(F)c(Br)c2)cc1. The highest BCUT2D eigenvalue weighted by atomic mass is 79.9. The Hall–Kier alpha value is -1.68. The molecule has 0 heterocycles. The molecule has 98 valence electrons. The molecule has 0 aromatic heterocycles. The Balaban J connectivity index is 2.01. The van der Waals surface area contributed by atoms with Gasteiger partial charge in [0.05, 0.1) is 4.47 Å². The molecule has 0 bridgehead atoms. The van der Waals surface area contributed by atoms with Crippen LogP contribution in [-0.4, -0.2) is 5.91 Å². The first-order valence-electron chi connectivity index (χ1n) is 5.85. The van der Waals surface area contributed by atoms with Gasteiger partial charge in [0.25, 0.3) is 5.91 Å². The highest BCUT2D eigenvalue weighted by molar-refractivity contribution is 9.10. The third-order valence-corrected chi connectivity index (χ3v) is 3.36. The molecule has 2 aromatic carbocycles. The quantitative estimate of drug-likeness (QED) is 0.914. The molecule has 19 heavy (non-hydrogen) atoms. The Labute approximate surface area is 119 Å². The van der Waals surface area contributed by atoms with Gasteiger partial charge in [-0.15, -0.1) is 0 Å². The van der Waals surface area contributed by atoms with Crippen LogP contribution >= 0.6 is 15.9 Å². The van der Waals surface area contributed by atoms with Gasteiger partial charge in [0.1, 0.15) is 5.82 Å². The molecule has 4 heteroatoms. The third-order valence-electron chi connectivity index (χ3n) is 2.76. The van der Waals surface area contributed by atoms with E-state index < -0.39 is 0 Å². The first-order chi connectivity index (χ1) is 9.06. The van der Waals surface area contributed by atoms with Gasteiger partial charge >= 0.3 is 0 Å². The van der Waals surface area contributed by atoms with Crippen molar-refractivity contribution in [2.45, 2.75) is 13.5 Å². The van der Waals surface area contributed by atoms with Gasteiger partial charge in [-0.2, -0.15) is 0 Å². The van der Waals surface area contributed by atoms with Gasteiger partial charge in [0, 0.05) is 12.1 Å². The molecule has 1 amide bonds. The van der Waals surface area contributed by atoms with Crippen LogP contribution < -0.4 is 5.32 Å². The average molecular weight is 322 g/mol. The molecule has 0 saturated carbocycles. The summed E-state index contributed by atoms with van der Waals surface area (Å²) in [6, 6.07) is 12.1. The number of hydrogen-bond donors (Lipinski definition) is 1. The van der Waals surface area contributed by atoms with Crippen molar-refractivity contribution >= 4 is 21.8 Å². The van der Waals surface area contributed by atoms with Crippen LogP contribution in [0.4, 0.5) is 4.39 Å². The molecule has 0 aliphatic heterocycles. The first-order valence-corrected chi connectivity index (χ1v) is 6.64. The Morgan fingerprint density at radius 3 is 2.53 bits per heavy atom. The van der Waals surface area contributed by atoms with Crippen LogP contribution in [0.1, 0.15) is 21.5 Å². The van der Waals surface area contributed by atoms with Crippen molar-refractivity contribution < 1.29 is 9.18 Å². The van der Waals surface area contributed by atoms with Crippen LogP contribution in [-0.2, 0) is 6.54 Å². The summed E-state index contributed by atoms with van der Waals surface area (Å²) in [6.45, 7) is 2.46. The van der Waals surface area contributed by atoms with Crippen LogP contribution in [0, 0.1) is 12.7 Å². The van der Waals surface area contributed by atoms with E-state index in [0.717, 1.165) is 5.56 Å². The molecule has 1 N–H and O–H groups in total. The van der Waals surface area contributed by atoms with Crippen molar-refractivity contribution in [2.75, 3.05) is 0 Å². The van der Waals surface area contributed by atoms with E-state index in [2.05, 4.69) is 21.2 Å². The Kier molecular flexibility index (Phi) is 4.32. The lowest BCUT2D eigenvalue weighted by atomic mass is 10.1. The van der Waals surface area contributed by atoms with Gasteiger partial charge in [0.15, 0.2) is 0 Å². The molecule has 0 aliphatic carbocycles. The minimum Gasteiger partial charge on any atom is -0.348 e. The Morgan fingerprint density at radius 2 is 1.89 bits per heavy atom. The van der Waals surface area contributed by atoms with Crippen LogP contribution in [0.25, 0.3) is 0 Å². The second-order valence-electron chi connectivity index (χ2n) is 4.30. The summed E-state index contributed by atoms with van der Waals surface area (Å²) in [6.07, 6.45) is 0. The smallest absolute Gasteiger partial charge is 0.251 e. The van der Waals surface area contributed by atoms with E-state index >= 15 is 0 Å². The second kappa shape index (κ2) is 5.97. The normalized spacial score (nSPS) is 10.3. The van der Waals surface area contributed by atoms with E-state index in [0.29, 0.717) is 12.1 Å². The summed E-state index contributed by atoms with van der Waals surface area (Å²) >= 11 is 3.06. The van der Waals surface area contributed by atoms with Gasteiger partial charge in [-0.05, 0) is 46.6 Å². The number of aryl methyl sites for hydroxylation is 1. The molecule has 2 aromatic rings. The summed E-state index contributed by atoms with van der Waals surface area (Å²) < 4.78 is 13.4. The second-order valence-corrected chi connectivity index (χ2v) is 5.15. The minimum atomic E-state index is -0.380. The largest absolute Gasteiger partial charge is 0.348 e. The predicted octanol–water partition coefficient (Wildman–Crippen LogP) is 3.83. The highest BCUT2D eigenvalue weighted by Crippen LogP contribution is 2.16. The zero-order chi connectivity index (χ0) is 13.8. The van der Waals surface area contributed by atoms with E-state index in [4.69, 9.17) is 0 Å². The molecular weight excluding hydrogens is 309 g/mol. The lowest BCUT2D eigenvalue weighted by Crippen LogP contribution is -2.22. The van der Waals surface area contributed by atoms with Gasteiger partial charge in [0.2, 0.25) is 0 Å². The summed E-state index contributed by atoms with van der Waals surface area (Å²) in [5.74, 6) is -0.601. The summed E-state index contributed by atoms with van der Waals surface area (Å²) in [7, 11) is 0. The van der Waals surface area contributed by atoms with Crippen molar-refractivity contribution in [2.24, 2.45) is 0 Å². The zero-order valence-corrected chi connectivity index (χ0v) is 12.0. The number of rotatable bonds is 3. The van der Waals surface area contributed by atoms with E-state index in [-0.39, 0.29) is 16.2 Å². The number of benzene rings is 2. The Bertz CT molecular complexity index is 596. The van der Waals surface area contributed by atoms with Crippen molar-refractivity contribution in [3.05, 3.63) is 69.4 Å². The number of nitrogens with one attached hydrogen (secondary N) is 1. The number of halogens is 2. The van der Waals surface area contributed by atoms with Crippen molar-refractivity contribution in [3.63, 3.8) is 0 Å². The first kappa shape index (κ1) is 13.7. The number of carbonyl (C=O) groups is 1.